The van der Waals surface area contributed by atoms with Crippen molar-refractivity contribution in [3.05, 3.63) is 0 Å². The molecule has 1 aliphatic heterocycles. The lowest BCUT2D eigenvalue weighted by Crippen LogP contribution is -2.57. The van der Waals surface area contributed by atoms with Gasteiger partial charge in [-0.25, -0.2) is 4.79 Å². The molecule has 1 rings (SSSR count). The Morgan fingerprint density at radius 3 is 3.00 bits per heavy atom. The molecule has 12 heavy (non-hydrogen) atoms. The van der Waals surface area contributed by atoms with Gasteiger partial charge in [-0.15, -0.1) is 6.42 Å². The molecule has 4 heteroatoms. The molecule has 1 amide bonds. The molecule has 0 saturated carbocycles. The highest BCUT2D eigenvalue weighted by Crippen LogP contribution is 2.03. The SMILES string of the molecule is C#CCOC(=O)NC1CN(C)C1. The number of hydrogen-bond acceptors (Lipinski definition) is 3. The largest absolute Gasteiger partial charge is 0.436 e. The zero-order valence-corrected chi connectivity index (χ0v) is 7.04. The Hall–Kier alpha value is -1.21. The zero-order valence-electron chi connectivity index (χ0n) is 7.04. The summed E-state index contributed by atoms with van der Waals surface area (Å²) < 4.78 is 4.63. The van der Waals surface area contributed by atoms with E-state index < -0.39 is 6.09 Å². The second-order valence-electron chi connectivity index (χ2n) is 2.84. The van der Waals surface area contributed by atoms with Crippen LogP contribution in [0.15, 0.2) is 0 Å². The maximum absolute atomic E-state index is 10.9. The summed E-state index contributed by atoms with van der Waals surface area (Å²) in [6.07, 6.45) is 4.49. The first kappa shape index (κ1) is 8.88. The lowest BCUT2D eigenvalue weighted by Gasteiger charge is -2.35. The summed E-state index contributed by atoms with van der Waals surface area (Å²) in [6.45, 7) is 1.80. The first-order chi connectivity index (χ1) is 5.72. The van der Waals surface area contributed by atoms with Crippen LogP contribution in [0.5, 0.6) is 0 Å². The van der Waals surface area contributed by atoms with E-state index in [0.29, 0.717) is 0 Å². The van der Waals surface area contributed by atoms with E-state index in [9.17, 15) is 4.79 Å². The molecular weight excluding hydrogens is 156 g/mol. The molecule has 4 nitrogen and oxygen atoms in total. The third-order valence-corrected chi connectivity index (χ3v) is 1.67. The number of nitrogens with one attached hydrogen (secondary N) is 1. The van der Waals surface area contributed by atoms with Crippen LogP contribution < -0.4 is 5.32 Å². The Balaban J connectivity index is 2.07. The van der Waals surface area contributed by atoms with E-state index in [1.165, 1.54) is 0 Å². The third-order valence-electron chi connectivity index (χ3n) is 1.67. The molecule has 0 aromatic heterocycles. The fraction of sp³-hybridized carbons (Fsp3) is 0.625. The summed E-state index contributed by atoms with van der Waals surface area (Å²) >= 11 is 0. The number of amides is 1. The molecule has 0 atom stereocenters. The highest BCUT2D eigenvalue weighted by atomic mass is 16.5. The second-order valence-corrected chi connectivity index (χ2v) is 2.84. The number of ether oxygens (including phenoxy) is 1. The van der Waals surface area contributed by atoms with Gasteiger partial charge in [-0.2, -0.15) is 0 Å². The van der Waals surface area contributed by atoms with Gasteiger partial charge in [-0.05, 0) is 7.05 Å². The van der Waals surface area contributed by atoms with Crippen LogP contribution in [0, 0.1) is 12.3 Å². The number of carbonyl (C=O) groups is 1. The lowest BCUT2D eigenvalue weighted by atomic mass is 10.1. The number of hydrogen-bond donors (Lipinski definition) is 1. The van der Waals surface area contributed by atoms with Crippen molar-refractivity contribution < 1.29 is 9.53 Å². The number of rotatable bonds is 2. The maximum atomic E-state index is 10.9. The Bertz CT molecular complexity index is 204. The van der Waals surface area contributed by atoms with Crippen LogP contribution in [0.1, 0.15) is 0 Å². The Morgan fingerprint density at radius 1 is 1.83 bits per heavy atom. The van der Waals surface area contributed by atoms with Crippen molar-refractivity contribution >= 4 is 6.09 Å². The first-order valence-electron chi connectivity index (χ1n) is 3.77. The van der Waals surface area contributed by atoms with Crippen molar-refractivity contribution in [2.75, 3.05) is 26.7 Å². The molecule has 0 bridgehead atoms. The fourth-order valence-electron chi connectivity index (χ4n) is 1.11. The van der Waals surface area contributed by atoms with Crippen LogP contribution in [0.4, 0.5) is 4.79 Å². The minimum atomic E-state index is -0.425. The van der Waals surface area contributed by atoms with Gasteiger partial charge in [0, 0.05) is 13.1 Å². The Kier molecular flexibility index (Phi) is 2.94. The van der Waals surface area contributed by atoms with Crippen molar-refractivity contribution in [1.82, 2.24) is 10.2 Å². The zero-order chi connectivity index (χ0) is 8.97. The second kappa shape index (κ2) is 3.98. The van der Waals surface area contributed by atoms with Gasteiger partial charge in [0.2, 0.25) is 0 Å². The average Bonchev–Trinajstić information content (AvgIpc) is 1.98. The molecule has 1 heterocycles. The minimum Gasteiger partial charge on any atom is -0.436 e. The molecule has 0 aliphatic carbocycles. The van der Waals surface area contributed by atoms with E-state index in [1.54, 1.807) is 0 Å². The van der Waals surface area contributed by atoms with Crippen molar-refractivity contribution in [3.8, 4) is 12.3 Å². The van der Waals surface area contributed by atoms with Crippen LogP contribution in [0.3, 0.4) is 0 Å². The molecule has 66 valence electrons. The van der Waals surface area contributed by atoms with Crippen molar-refractivity contribution in [2.45, 2.75) is 6.04 Å². The van der Waals surface area contributed by atoms with Gasteiger partial charge in [-0.1, -0.05) is 5.92 Å². The molecule has 0 aromatic carbocycles. The van der Waals surface area contributed by atoms with E-state index in [1.807, 2.05) is 7.05 Å². The highest BCUT2D eigenvalue weighted by Gasteiger charge is 2.24. The minimum absolute atomic E-state index is 0.0361. The maximum Gasteiger partial charge on any atom is 0.408 e. The van der Waals surface area contributed by atoms with Gasteiger partial charge >= 0.3 is 6.09 Å². The smallest absolute Gasteiger partial charge is 0.408 e. The van der Waals surface area contributed by atoms with Gasteiger partial charge in [-0.3, -0.25) is 0 Å². The third kappa shape index (κ3) is 2.44. The number of likely N-dealkylation sites (N-methyl/N-ethyl adjacent to an activating group) is 1. The summed E-state index contributed by atoms with van der Waals surface area (Å²) in [5.74, 6) is 2.22. The summed E-state index contributed by atoms with van der Waals surface area (Å²) in [6, 6.07) is 0.222. The number of carbonyl (C=O) groups excluding carboxylic acids is 1. The van der Waals surface area contributed by atoms with E-state index in [4.69, 9.17) is 6.42 Å². The van der Waals surface area contributed by atoms with Crippen molar-refractivity contribution in [3.63, 3.8) is 0 Å². The number of terminal acetylenes is 1. The predicted octanol–water partition coefficient (Wildman–Crippen LogP) is -0.340. The average molecular weight is 168 g/mol. The molecule has 0 radical (unpaired) electrons. The van der Waals surface area contributed by atoms with Crippen LogP contribution in [-0.2, 0) is 4.74 Å². The normalized spacial score (nSPS) is 17.7. The standard InChI is InChI=1S/C8H12N2O2/c1-3-4-12-8(11)9-7-5-10(2)6-7/h1,7H,4-6H2,2H3,(H,9,11). The molecule has 1 fully saturated rings. The molecule has 1 aliphatic rings. The Labute approximate surface area is 71.9 Å². The van der Waals surface area contributed by atoms with Crippen LogP contribution in [-0.4, -0.2) is 43.8 Å². The molecule has 0 aromatic rings. The van der Waals surface area contributed by atoms with E-state index in [0.717, 1.165) is 13.1 Å². The summed E-state index contributed by atoms with van der Waals surface area (Å²) in [5.41, 5.74) is 0. The van der Waals surface area contributed by atoms with Crippen molar-refractivity contribution in [1.29, 1.82) is 0 Å². The molecule has 1 N–H and O–H groups in total. The van der Waals surface area contributed by atoms with Crippen LogP contribution >= 0.6 is 0 Å². The highest BCUT2D eigenvalue weighted by molar-refractivity contribution is 5.68. The monoisotopic (exact) mass is 168 g/mol. The predicted molar refractivity (Wildman–Crippen MR) is 44.6 cm³/mol. The van der Waals surface area contributed by atoms with E-state index >= 15 is 0 Å². The van der Waals surface area contributed by atoms with E-state index in [-0.39, 0.29) is 12.6 Å². The summed E-state index contributed by atoms with van der Waals surface area (Å²) in [5, 5.41) is 2.68. The van der Waals surface area contributed by atoms with Crippen LogP contribution in [0.25, 0.3) is 0 Å². The van der Waals surface area contributed by atoms with Crippen LogP contribution in [0.2, 0.25) is 0 Å². The van der Waals surface area contributed by atoms with Gasteiger partial charge in [0.25, 0.3) is 0 Å². The van der Waals surface area contributed by atoms with Gasteiger partial charge in [0.05, 0.1) is 6.04 Å². The first-order valence-corrected chi connectivity index (χ1v) is 3.77. The van der Waals surface area contributed by atoms with E-state index in [2.05, 4.69) is 20.9 Å². The number of alkyl carbamates (subject to hydrolysis) is 1. The topological polar surface area (TPSA) is 41.6 Å². The molecule has 0 spiro atoms. The lowest BCUT2D eigenvalue weighted by molar-refractivity contribution is 0.124. The number of nitrogens with zero attached hydrogens (tertiary/aromatic N) is 1. The fourth-order valence-corrected chi connectivity index (χ4v) is 1.11. The number of likely N-dealkylation sites (tertiary alicyclic amines) is 1. The van der Waals surface area contributed by atoms with Gasteiger partial charge in [0.1, 0.15) is 0 Å². The molecule has 1 saturated heterocycles. The molecular formula is C8H12N2O2. The van der Waals surface area contributed by atoms with Gasteiger partial charge < -0.3 is 15.0 Å². The summed E-state index contributed by atoms with van der Waals surface area (Å²) in [4.78, 5) is 13.0. The van der Waals surface area contributed by atoms with Gasteiger partial charge in [0.15, 0.2) is 6.61 Å². The molecule has 0 unspecified atom stereocenters. The Morgan fingerprint density at radius 2 is 2.50 bits per heavy atom. The van der Waals surface area contributed by atoms with Crippen molar-refractivity contribution in [2.24, 2.45) is 0 Å². The quantitative estimate of drug-likeness (QED) is 0.573. The summed E-state index contributed by atoms with van der Waals surface area (Å²) in [7, 11) is 1.99.